The highest BCUT2D eigenvalue weighted by Crippen LogP contribution is 2.72. The molecule has 0 bridgehead atoms. The molecule has 0 spiro atoms. The summed E-state index contributed by atoms with van der Waals surface area (Å²) >= 11 is 0. The maximum Gasteiger partial charge on any atom is 0.226 e. The fraction of sp³-hybridized carbons (Fsp3) is 0.800. The van der Waals surface area contributed by atoms with E-state index in [4.69, 9.17) is 0 Å². The summed E-state index contributed by atoms with van der Waals surface area (Å²) in [4.78, 5) is 15.6. The molecule has 0 radical (unpaired) electrons. The molecule has 6 rings (SSSR count). The number of hydrogen-bond donors (Lipinski definition) is 2. The topological polar surface area (TPSA) is 60.8 Å². The van der Waals surface area contributed by atoms with Gasteiger partial charge in [-0.2, -0.15) is 0 Å². The summed E-state index contributed by atoms with van der Waals surface area (Å²) in [6.45, 7) is 13.0. The minimum atomic E-state index is -0.231. The van der Waals surface area contributed by atoms with Crippen LogP contribution in [0.15, 0.2) is 18.2 Å². The monoisotopic (exact) mass is 535 g/mol. The smallest absolute Gasteiger partial charge is 0.226 e. The molecule has 2 N–H and O–H groups in total. The summed E-state index contributed by atoms with van der Waals surface area (Å²) < 4.78 is 0. The number of fused-ring (bicyclic) bond motifs is 6. The molecule has 39 heavy (non-hydrogen) atoms. The van der Waals surface area contributed by atoms with Crippen molar-refractivity contribution in [3.8, 4) is 0 Å². The van der Waals surface area contributed by atoms with E-state index in [0.29, 0.717) is 41.9 Å². The van der Waals surface area contributed by atoms with Gasteiger partial charge in [0.05, 0.1) is 12.2 Å². The Morgan fingerprint density at radius 2 is 1.82 bits per heavy atom. The number of carbonyl (C=O) groups excluding carboxylic acids is 1. The first-order valence-corrected chi connectivity index (χ1v) is 16.2. The normalized spacial score (nSPS) is 44.1. The zero-order valence-electron chi connectivity index (χ0n) is 25.2. The number of nitrogens with zero attached hydrogens (tertiary/aromatic N) is 1. The summed E-state index contributed by atoms with van der Waals surface area (Å²) in [7, 11) is 0. The molecule has 4 saturated carbocycles. The highest BCUT2D eigenvalue weighted by Gasteiger charge is 2.66. The van der Waals surface area contributed by atoms with Crippen molar-refractivity contribution in [2.45, 2.75) is 124 Å². The second-order valence-electron chi connectivity index (χ2n) is 15.4. The third-order valence-electron chi connectivity index (χ3n) is 13.9. The van der Waals surface area contributed by atoms with Crippen molar-refractivity contribution in [2.75, 3.05) is 11.4 Å². The Morgan fingerprint density at radius 1 is 1.05 bits per heavy atom. The van der Waals surface area contributed by atoms with Gasteiger partial charge in [-0.1, -0.05) is 45.4 Å². The van der Waals surface area contributed by atoms with Gasteiger partial charge in [0.15, 0.2) is 0 Å². The molecule has 1 amide bonds. The van der Waals surface area contributed by atoms with E-state index in [0.717, 1.165) is 57.2 Å². The number of benzene rings is 1. The molecule has 4 nitrogen and oxygen atoms in total. The SMILES string of the molecule is Cc1ccc2c(c1)CCCN2C(=O)CC[C@@H](C)[C@@]1(C)CC[C@H]2[C@H]3C(CC[C@@]21C)[C@@]1(C)CC[C@@H](O)C[C@H]1C[C@H]3O. The molecule has 4 fully saturated rings. The molecule has 1 heterocycles. The summed E-state index contributed by atoms with van der Waals surface area (Å²) in [5.74, 6) is 2.77. The summed E-state index contributed by atoms with van der Waals surface area (Å²) in [5.41, 5.74) is 4.41. The van der Waals surface area contributed by atoms with Crippen LogP contribution >= 0.6 is 0 Å². The predicted molar refractivity (Wildman–Crippen MR) is 157 cm³/mol. The highest BCUT2D eigenvalue weighted by molar-refractivity contribution is 5.94. The Kier molecular flexibility index (Phi) is 7.02. The van der Waals surface area contributed by atoms with Crippen molar-refractivity contribution in [1.82, 2.24) is 0 Å². The minimum absolute atomic E-state index is 0.179. The van der Waals surface area contributed by atoms with Crippen LogP contribution in [0.4, 0.5) is 5.69 Å². The van der Waals surface area contributed by atoms with Crippen molar-refractivity contribution in [1.29, 1.82) is 0 Å². The number of aryl methyl sites for hydroxylation is 2. The van der Waals surface area contributed by atoms with E-state index < -0.39 is 0 Å². The van der Waals surface area contributed by atoms with E-state index in [1.54, 1.807) is 0 Å². The fourth-order valence-corrected chi connectivity index (χ4v) is 11.1. The minimum Gasteiger partial charge on any atom is -0.393 e. The molecular formula is C35H53NO3. The number of carbonyl (C=O) groups is 1. The Balaban J connectivity index is 1.16. The standard InChI is InChI=1S/C35H53NO3/c1-22-8-10-29-24(19-22)7-6-18-36(29)31(39)11-9-23(2)34(4)16-14-28-32-27(13-17-35(28,34)5)33(3)15-12-26(37)20-25(33)21-30(32)38/h8,10,19,23,25-28,30,32,37-38H,6-7,9,11-18,20-21H2,1-5H3/t23-,25+,26-,27?,28+,30-,32-,33+,34-,35+/m1/s1. The number of rotatable bonds is 4. The molecule has 4 aliphatic carbocycles. The van der Waals surface area contributed by atoms with Crippen LogP contribution < -0.4 is 4.90 Å². The third-order valence-corrected chi connectivity index (χ3v) is 13.9. The Hall–Kier alpha value is -1.39. The van der Waals surface area contributed by atoms with Gasteiger partial charge in [0.1, 0.15) is 0 Å². The molecule has 1 unspecified atom stereocenters. The van der Waals surface area contributed by atoms with Crippen LogP contribution in [0.1, 0.15) is 109 Å². The molecule has 0 saturated heterocycles. The lowest BCUT2D eigenvalue weighted by molar-refractivity contribution is -0.183. The molecule has 0 aromatic heterocycles. The average Bonchev–Trinajstić information content (AvgIpc) is 3.19. The van der Waals surface area contributed by atoms with E-state index in [1.165, 1.54) is 36.8 Å². The quantitative estimate of drug-likeness (QED) is 0.433. The fourth-order valence-electron chi connectivity index (χ4n) is 11.1. The zero-order valence-corrected chi connectivity index (χ0v) is 25.2. The number of amides is 1. The first kappa shape index (κ1) is 27.8. The van der Waals surface area contributed by atoms with Crippen molar-refractivity contribution in [3.05, 3.63) is 29.3 Å². The van der Waals surface area contributed by atoms with Gasteiger partial charge in [0.2, 0.25) is 5.91 Å². The zero-order chi connectivity index (χ0) is 27.7. The Bertz CT molecular complexity index is 1100. The van der Waals surface area contributed by atoms with Crippen LogP contribution in [0.25, 0.3) is 0 Å². The number of anilines is 1. The van der Waals surface area contributed by atoms with Gasteiger partial charge in [0.25, 0.3) is 0 Å². The van der Waals surface area contributed by atoms with Gasteiger partial charge in [0, 0.05) is 18.7 Å². The van der Waals surface area contributed by atoms with E-state index in [9.17, 15) is 15.0 Å². The first-order valence-electron chi connectivity index (χ1n) is 16.2. The Morgan fingerprint density at radius 3 is 2.62 bits per heavy atom. The van der Waals surface area contributed by atoms with Crippen LogP contribution in [0.2, 0.25) is 0 Å². The molecule has 216 valence electrons. The third kappa shape index (κ3) is 4.25. The van der Waals surface area contributed by atoms with E-state index >= 15 is 0 Å². The second-order valence-corrected chi connectivity index (χ2v) is 15.4. The molecule has 5 aliphatic rings. The lowest BCUT2D eigenvalue weighted by Crippen LogP contribution is -2.59. The van der Waals surface area contributed by atoms with Crippen molar-refractivity contribution in [2.24, 2.45) is 45.8 Å². The largest absolute Gasteiger partial charge is 0.393 e. The van der Waals surface area contributed by atoms with Crippen LogP contribution in [0, 0.1) is 52.8 Å². The second kappa shape index (κ2) is 9.86. The lowest BCUT2D eigenvalue weighted by atomic mass is 9.42. The molecule has 1 aromatic rings. The van der Waals surface area contributed by atoms with Gasteiger partial charge in [-0.15, -0.1) is 0 Å². The van der Waals surface area contributed by atoms with E-state index in [-0.39, 0.29) is 28.5 Å². The summed E-state index contributed by atoms with van der Waals surface area (Å²) in [6, 6.07) is 6.55. The van der Waals surface area contributed by atoms with Crippen molar-refractivity contribution in [3.63, 3.8) is 0 Å². The van der Waals surface area contributed by atoms with Gasteiger partial charge >= 0.3 is 0 Å². The van der Waals surface area contributed by atoms with Gasteiger partial charge in [-0.25, -0.2) is 0 Å². The van der Waals surface area contributed by atoms with Crippen LogP contribution in [-0.4, -0.2) is 34.9 Å². The summed E-state index contributed by atoms with van der Waals surface area (Å²) in [5, 5.41) is 22.0. The molecule has 4 heteroatoms. The molecule has 10 atom stereocenters. The van der Waals surface area contributed by atoms with Crippen molar-refractivity contribution < 1.29 is 15.0 Å². The van der Waals surface area contributed by atoms with Gasteiger partial charge < -0.3 is 15.1 Å². The summed E-state index contributed by atoms with van der Waals surface area (Å²) in [6.07, 6.45) is 12.0. The number of hydrogen-bond acceptors (Lipinski definition) is 3. The van der Waals surface area contributed by atoms with Crippen molar-refractivity contribution >= 4 is 11.6 Å². The molecular weight excluding hydrogens is 482 g/mol. The maximum atomic E-state index is 13.5. The number of aliphatic hydroxyl groups is 2. The lowest BCUT2D eigenvalue weighted by Gasteiger charge is -2.63. The Labute approximate surface area is 236 Å². The van der Waals surface area contributed by atoms with Gasteiger partial charge in [-0.3, -0.25) is 4.79 Å². The molecule has 1 aromatic carbocycles. The average molecular weight is 536 g/mol. The van der Waals surface area contributed by atoms with Crippen LogP contribution in [0.3, 0.4) is 0 Å². The van der Waals surface area contributed by atoms with Crippen LogP contribution in [0.5, 0.6) is 0 Å². The number of aliphatic hydroxyl groups excluding tert-OH is 2. The first-order chi connectivity index (χ1) is 18.5. The highest BCUT2D eigenvalue weighted by atomic mass is 16.3. The maximum absolute atomic E-state index is 13.5. The molecule has 1 aliphatic heterocycles. The van der Waals surface area contributed by atoms with E-state index in [1.807, 2.05) is 0 Å². The predicted octanol–water partition coefficient (Wildman–Crippen LogP) is 7.07. The van der Waals surface area contributed by atoms with Gasteiger partial charge in [-0.05, 0) is 135 Å². The van der Waals surface area contributed by atoms with E-state index in [2.05, 4.69) is 57.7 Å². The van der Waals surface area contributed by atoms with Crippen LogP contribution in [-0.2, 0) is 11.2 Å².